The average molecular weight is 414 g/mol. The quantitative estimate of drug-likeness (QED) is 0.595. The minimum absolute atomic E-state index is 0.0690. The lowest BCUT2D eigenvalue weighted by molar-refractivity contribution is 0.0942. The van der Waals surface area contributed by atoms with Crippen molar-refractivity contribution < 1.29 is 14.3 Å². The number of hydrogen-bond acceptors (Lipinski definition) is 5. The fourth-order valence-electron chi connectivity index (χ4n) is 3.16. The minimum atomic E-state index is -0.0690. The van der Waals surface area contributed by atoms with Crippen LogP contribution in [0.3, 0.4) is 0 Å². The van der Waals surface area contributed by atoms with Gasteiger partial charge in [-0.1, -0.05) is 0 Å². The van der Waals surface area contributed by atoms with Crippen LogP contribution >= 0.6 is 11.3 Å². The van der Waals surface area contributed by atoms with E-state index in [1.807, 2.05) is 56.5 Å². The zero-order valence-electron chi connectivity index (χ0n) is 17.5. The molecule has 0 radical (unpaired) electrons. The van der Waals surface area contributed by atoms with E-state index in [4.69, 9.17) is 14.5 Å². The summed E-state index contributed by atoms with van der Waals surface area (Å²) in [5, 5.41) is 5.93. The van der Waals surface area contributed by atoms with Crippen molar-refractivity contribution in [2.75, 3.05) is 20.8 Å². The van der Waals surface area contributed by atoms with Crippen LogP contribution in [0.1, 0.15) is 29.9 Å². The number of carbonyl (C=O) groups is 1. The minimum Gasteiger partial charge on any atom is -0.497 e. The van der Waals surface area contributed by atoms with Crippen LogP contribution in [0, 0.1) is 6.92 Å². The molecule has 2 heterocycles. The van der Waals surface area contributed by atoms with Crippen molar-refractivity contribution in [2.24, 2.45) is 0 Å². The van der Waals surface area contributed by atoms with Gasteiger partial charge in [-0.2, -0.15) is 0 Å². The summed E-state index contributed by atoms with van der Waals surface area (Å²) < 4.78 is 12.6. The predicted octanol–water partition coefficient (Wildman–Crippen LogP) is 4.38. The van der Waals surface area contributed by atoms with Gasteiger partial charge in [0.25, 0.3) is 5.91 Å². The van der Waals surface area contributed by atoms with Crippen LogP contribution in [-0.2, 0) is 11.3 Å². The molecule has 0 spiro atoms. The van der Waals surface area contributed by atoms with Gasteiger partial charge >= 0.3 is 0 Å². The number of ether oxygens (including phenoxy) is 2. The van der Waals surface area contributed by atoms with Gasteiger partial charge in [0.05, 0.1) is 30.7 Å². The summed E-state index contributed by atoms with van der Waals surface area (Å²) in [6.45, 7) is 7.09. The van der Waals surface area contributed by atoms with Gasteiger partial charge in [0, 0.05) is 36.3 Å². The molecule has 3 aromatic rings. The summed E-state index contributed by atoms with van der Waals surface area (Å²) in [7, 11) is 3.33. The molecule has 0 bridgehead atoms. The average Bonchev–Trinajstić information content (AvgIpc) is 3.31. The van der Waals surface area contributed by atoms with E-state index in [9.17, 15) is 4.79 Å². The predicted molar refractivity (Wildman–Crippen MR) is 117 cm³/mol. The first-order valence-corrected chi connectivity index (χ1v) is 10.4. The molecular formula is C22H27N3O3S. The topological polar surface area (TPSA) is 65.4 Å². The van der Waals surface area contributed by atoms with Crippen LogP contribution in [-0.4, -0.2) is 42.3 Å². The number of nitrogens with one attached hydrogen (secondary N) is 1. The second kappa shape index (κ2) is 9.24. The summed E-state index contributed by atoms with van der Waals surface area (Å²) in [4.78, 5) is 17.5. The molecule has 1 amide bonds. The van der Waals surface area contributed by atoms with E-state index in [0.717, 1.165) is 33.4 Å². The van der Waals surface area contributed by atoms with Gasteiger partial charge < -0.3 is 19.4 Å². The summed E-state index contributed by atoms with van der Waals surface area (Å²) in [6, 6.07) is 9.85. The second-order valence-electron chi connectivity index (χ2n) is 7.07. The summed E-state index contributed by atoms with van der Waals surface area (Å²) >= 11 is 1.58. The standard InChI is InChI=1S/C22H27N3O3S/c1-14(2)23-21(26)18-12-20(25(15(18)3)10-11-27-4)19-13-29-22(24-19)16-6-8-17(28-5)9-7-16/h6-9,12-14H,10-11H2,1-5H3,(H,23,26). The van der Waals surface area contributed by atoms with Crippen LogP contribution in [0.5, 0.6) is 5.75 Å². The van der Waals surface area contributed by atoms with Gasteiger partial charge in [0.15, 0.2) is 0 Å². The fraction of sp³-hybridized carbons (Fsp3) is 0.364. The molecular weight excluding hydrogens is 386 g/mol. The van der Waals surface area contributed by atoms with E-state index in [1.165, 1.54) is 0 Å². The zero-order valence-corrected chi connectivity index (χ0v) is 18.3. The molecule has 6 nitrogen and oxygen atoms in total. The Morgan fingerprint density at radius 1 is 1.24 bits per heavy atom. The molecule has 0 aliphatic rings. The number of carbonyl (C=O) groups excluding carboxylic acids is 1. The molecule has 3 rings (SSSR count). The molecule has 0 saturated heterocycles. The van der Waals surface area contributed by atoms with Crippen molar-refractivity contribution in [1.82, 2.24) is 14.9 Å². The van der Waals surface area contributed by atoms with Crippen molar-refractivity contribution in [2.45, 2.75) is 33.4 Å². The highest BCUT2D eigenvalue weighted by atomic mass is 32.1. The van der Waals surface area contributed by atoms with Crippen molar-refractivity contribution >= 4 is 17.2 Å². The number of aromatic nitrogens is 2. The van der Waals surface area contributed by atoms with Gasteiger partial charge in [0.2, 0.25) is 0 Å². The van der Waals surface area contributed by atoms with Crippen LogP contribution in [0.2, 0.25) is 0 Å². The fourth-order valence-corrected chi connectivity index (χ4v) is 3.98. The molecule has 0 aliphatic carbocycles. The lowest BCUT2D eigenvalue weighted by atomic mass is 10.2. The van der Waals surface area contributed by atoms with Crippen LogP contribution in [0.15, 0.2) is 35.7 Å². The molecule has 0 fully saturated rings. The van der Waals surface area contributed by atoms with E-state index in [-0.39, 0.29) is 11.9 Å². The molecule has 0 unspecified atom stereocenters. The summed E-state index contributed by atoms with van der Waals surface area (Å²) in [6.07, 6.45) is 0. The van der Waals surface area contributed by atoms with Gasteiger partial charge in [-0.25, -0.2) is 4.98 Å². The third-order valence-corrected chi connectivity index (χ3v) is 5.54. The Kier molecular flexibility index (Phi) is 6.71. The third kappa shape index (κ3) is 4.68. The Labute approximate surface area is 175 Å². The monoisotopic (exact) mass is 413 g/mol. The van der Waals surface area contributed by atoms with Crippen molar-refractivity contribution in [3.63, 3.8) is 0 Å². The van der Waals surface area contributed by atoms with E-state index in [0.29, 0.717) is 18.7 Å². The molecule has 2 aromatic heterocycles. The molecule has 1 N–H and O–H groups in total. The van der Waals surface area contributed by atoms with E-state index in [1.54, 1.807) is 25.6 Å². The van der Waals surface area contributed by atoms with Crippen LogP contribution < -0.4 is 10.1 Å². The highest BCUT2D eigenvalue weighted by molar-refractivity contribution is 7.13. The molecule has 7 heteroatoms. The van der Waals surface area contributed by atoms with Crippen molar-refractivity contribution in [1.29, 1.82) is 0 Å². The van der Waals surface area contributed by atoms with Crippen molar-refractivity contribution in [3.8, 4) is 27.7 Å². The maximum Gasteiger partial charge on any atom is 0.253 e. The maximum atomic E-state index is 12.6. The summed E-state index contributed by atoms with van der Waals surface area (Å²) in [5.41, 5.74) is 4.39. The molecule has 154 valence electrons. The Hall–Kier alpha value is -2.64. The van der Waals surface area contributed by atoms with Crippen molar-refractivity contribution in [3.05, 3.63) is 47.0 Å². The molecule has 0 atom stereocenters. The van der Waals surface area contributed by atoms with E-state index in [2.05, 4.69) is 9.88 Å². The number of thiazole rings is 1. The maximum absolute atomic E-state index is 12.6. The number of methoxy groups -OCH3 is 2. The first kappa shape index (κ1) is 21.1. The summed E-state index contributed by atoms with van der Waals surface area (Å²) in [5.74, 6) is 0.746. The van der Waals surface area contributed by atoms with E-state index >= 15 is 0 Å². The number of benzene rings is 1. The van der Waals surface area contributed by atoms with Gasteiger partial charge in [0.1, 0.15) is 10.8 Å². The van der Waals surface area contributed by atoms with Crippen LogP contribution in [0.25, 0.3) is 22.0 Å². The number of rotatable bonds is 8. The van der Waals surface area contributed by atoms with Gasteiger partial charge in [-0.15, -0.1) is 11.3 Å². The second-order valence-corrected chi connectivity index (χ2v) is 7.93. The lowest BCUT2D eigenvalue weighted by Gasteiger charge is -2.11. The lowest BCUT2D eigenvalue weighted by Crippen LogP contribution is -2.30. The number of nitrogens with zero attached hydrogens (tertiary/aromatic N) is 2. The Morgan fingerprint density at radius 2 is 1.97 bits per heavy atom. The van der Waals surface area contributed by atoms with Gasteiger partial charge in [-0.3, -0.25) is 4.79 Å². The normalized spacial score (nSPS) is 11.1. The zero-order chi connectivity index (χ0) is 21.0. The first-order valence-electron chi connectivity index (χ1n) is 9.54. The Bertz CT molecular complexity index is 974. The van der Waals surface area contributed by atoms with Gasteiger partial charge in [-0.05, 0) is 51.1 Å². The smallest absolute Gasteiger partial charge is 0.253 e. The number of hydrogen-bond donors (Lipinski definition) is 1. The third-order valence-electron chi connectivity index (χ3n) is 4.65. The van der Waals surface area contributed by atoms with Crippen LogP contribution in [0.4, 0.5) is 0 Å². The Balaban J connectivity index is 1.98. The molecule has 1 aromatic carbocycles. The largest absolute Gasteiger partial charge is 0.497 e. The highest BCUT2D eigenvalue weighted by Crippen LogP contribution is 2.32. The molecule has 0 aliphatic heterocycles. The molecule has 0 saturated carbocycles. The first-order chi connectivity index (χ1) is 13.9. The van der Waals surface area contributed by atoms with E-state index < -0.39 is 0 Å². The number of amides is 1. The highest BCUT2D eigenvalue weighted by Gasteiger charge is 2.20. The molecule has 29 heavy (non-hydrogen) atoms. The SMILES string of the molecule is COCCn1c(-c2csc(-c3ccc(OC)cc3)n2)cc(C(=O)NC(C)C)c1C. The Morgan fingerprint density at radius 3 is 2.59 bits per heavy atom.